The summed E-state index contributed by atoms with van der Waals surface area (Å²) in [4.78, 5) is 11.8. The maximum absolute atomic E-state index is 11.8. The third-order valence-corrected chi connectivity index (χ3v) is 5.80. The predicted octanol–water partition coefficient (Wildman–Crippen LogP) is 7.74. The third kappa shape index (κ3) is 16.4. The number of aliphatic hydroxyl groups is 1. The Hall–Kier alpha value is -1.35. The van der Waals surface area contributed by atoms with Crippen LogP contribution in [0.1, 0.15) is 122 Å². The topological polar surface area (TPSA) is 46.5 Å². The number of benzene rings is 1. The van der Waals surface area contributed by atoms with Crippen LogP contribution in [0.2, 0.25) is 0 Å². The van der Waals surface area contributed by atoms with Crippen molar-refractivity contribution in [2.24, 2.45) is 0 Å². The number of rotatable bonds is 20. The van der Waals surface area contributed by atoms with Gasteiger partial charge in [-0.2, -0.15) is 0 Å². The van der Waals surface area contributed by atoms with Gasteiger partial charge < -0.3 is 9.84 Å². The van der Waals surface area contributed by atoms with Gasteiger partial charge in [-0.15, -0.1) is 0 Å². The summed E-state index contributed by atoms with van der Waals surface area (Å²) >= 11 is 0. The van der Waals surface area contributed by atoms with E-state index in [9.17, 15) is 9.90 Å². The van der Waals surface area contributed by atoms with Crippen molar-refractivity contribution in [1.82, 2.24) is 0 Å². The van der Waals surface area contributed by atoms with Gasteiger partial charge in [0.25, 0.3) is 0 Å². The monoisotopic (exact) mass is 418 g/mol. The van der Waals surface area contributed by atoms with Gasteiger partial charge in [-0.05, 0) is 24.8 Å². The largest absolute Gasteiger partial charge is 0.461 e. The second kappa shape index (κ2) is 19.6. The highest BCUT2D eigenvalue weighted by atomic mass is 16.5. The van der Waals surface area contributed by atoms with E-state index in [1.807, 2.05) is 30.3 Å². The Morgan fingerprint density at radius 2 is 1.27 bits per heavy atom. The van der Waals surface area contributed by atoms with Crippen molar-refractivity contribution in [3.05, 3.63) is 35.9 Å². The molecule has 3 nitrogen and oxygen atoms in total. The highest BCUT2D eigenvalue weighted by molar-refractivity contribution is 5.69. The number of esters is 1. The zero-order valence-electron chi connectivity index (χ0n) is 19.5. The molecule has 0 saturated carbocycles. The van der Waals surface area contributed by atoms with Crippen LogP contribution in [0.4, 0.5) is 0 Å². The van der Waals surface area contributed by atoms with E-state index < -0.39 is 0 Å². The molecule has 0 saturated heterocycles. The summed E-state index contributed by atoms with van der Waals surface area (Å²) in [5.74, 6) is -0.0945. The maximum Gasteiger partial charge on any atom is 0.306 e. The van der Waals surface area contributed by atoms with Gasteiger partial charge in [0.2, 0.25) is 0 Å². The number of ether oxygens (including phenoxy) is 1. The number of carbonyl (C=O) groups excluding carboxylic acids is 1. The van der Waals surface area contributed by atoms with Crippen molar-refractivity contribution in [2.75, 3.05) is 0 Å². The summed E-state index contributed by atoms with van der Waals surface area (Å²) in [6.45, 7) is 2.63. The van der Waals surface area contributed by atoms with Gasteiger partial charge in [-0.3, -0.25) is 4.79 Å². The van der Waals surface area contributed by atoms with Crippen LogP contribution < -0.4 is 0 Å². The van der Waals surface area contributed by atoms with E-state index in [4.69, 9.17) is 4.74 Å². The molecule has 0 bridgehead atoms. The van der Waals surface area contributed by atoms with Gasteiger partial charge in [0, 0.05) is 6.42 Å². The molecule has 0 aliphatic carbocycles. The number of unbranched alkanes of at least 4 members (excludes halogenated alkanes) is 12. The second-order valence-corrected chi connectivity index (χ2v) is 8.72. The Morgan fingerprint density at radius 1 is 0.767 bits per heavy atom. The molecule has 0 spiro atoms. The van der Waals surface area contributed by atoms with Crippen LogP contribution in [-0.4, -0.2) is 17.2 Å². The van der Waals surface area contributed by atoms with E-state index in [2.05, 4.69) is 6.92 Å². The zero-order chi connectivity index (χ0) is 21.7. The van der Waals surface area contributed by atoms with Gasteiger partial charge in [0.05, 0.1) is 6.10 Å². The van der Waals surface area contributed by atoms with Crippen molar-refractivity contribution in [2.45, 2.75) is 129 Å². The van der Waals surface area contributed by atoms with Gasteiger partial charge in [-0.1, -0.05) is 121 Å². The summed E-state index contributed by atoms with van der Waals surface area (Å²) in [6.07, 6.45) is 19.6. The molecule has 1 aromatic rings. The highest BCUT2D eigenvalue weighted by Gasteiger charge is 2.05. The molecular formula is C27H46O3. The first kappa shape index (κ1) is 26.7. The normalized spacial score (nSPS) is 12.1. The molecule has 1 rings (SSSR count). The first-order chi connectivity index (χ1) is 14.7. The molecule has 0 amide bonds. The lowest BCUT2D eigenvalue weighted by Crippen LogP contribution is -2.06. The molecular weight excluding hydrogens is 372 g/mol. The Morgan fingerprint density at radius 3 is 1.83 bits per heavy atom. The van der Waals surface area contributed by atoms with Crippen molar-refractivity contribution < 1.29 is 14.6 Å². The Labute approximate surface area is 185 Å². The minimum absolute atomic E-state index is 0.0945. The van der Waals surface area contributed by atoms with Crippen LogP contribution in [-0.2, 0) is 16.1 Å². The minimum Gasteiger partial charge on any atom is -0.461 e. The van der Waals surface area contributed by atoms with E-state index >= 15 is 0 Å². The summed E-state index contributed by atoms with van der Waals surface area (Å²) in [6, 6.07) is 9.82. The lowest BCUT2D eigenvalue weighted by Gasteiger charge is -2.10. The summed E-state index contributed by atoms with van der Waals surface area (Å²) in [5, 5.41) is 10.1. The summed E-state index contributed by atoms with van der Waals surface area (Å²) < 4.78 is 5.30. The average molecular weight is 419 g/mol. The molecule has 1 atom stereocenters. The average Bonchev–Trinajstić information content (AvgIpc) is 2.76. The molecule has 0 aliphatic heterocycles. The van der Waals surface area contributed by atoms with Crippen LogP contribution in [0, 0.1) is 0 Å². The fourth-order valence-electron chi connectivity index (χ4n) is 3.82. The van der Waals surface area contributed by atoms with Gasteiger partial charge >= 0.3 is 5.97 Å². The van der Waals surface area contributed by atoms with Crippen LogP contribution in [0.5, 0.6) is 0 Å². The number of hydrogen-bond donors (Lipinski definition) is 1. The lowest BCUT2D eigenvalue weighted by molar-refractivity contribution is -0.145. The van der Waals surface area contributed by atoms with E-state index in [0.717, 1.165) is 37.7 Å². The number of carbonyl (C=O) groups is 1. The fourth-order valence-corrected chi connectivity index (χ4v) is 3.82. The molecule has 0 aliphatic rings. The Bertz CT molecular complexity index is 500. The minimum atomic E-state index is -0.107. The molecule has 0 fully saturated rings. The second-order valence-electron chi connectivity index (χ2n) is 8.72. The van der Waals surface area contributed by atoms with Crippen LogP contribution in [0.25, 0.3) is 0 Å². The lowest BCUT2D eigenvalue weighted by atomic mass is 10.0. The van der Waals surface area contributed by atoms with E-state index in [1.54, 1.807) is 0 Å². The Kier molecular flexibility index (Phi) is 17.4. The SMILES string of the molecule is CCCCCCCCCCC(O)CCCCCCCCC(=O)OCc1ccccc1. The van der Waals surface area contributed by atoms with Gasteiger partial charge in [-0.25, -0.2) is 0 Å². The standard InChI is InChI=1S/C27H46O3/c1-2-3-4-5-6-7-10-16-21-26(28)22-17-11-8-9-12-18-23-27(29)30-24-25-19-14-13-15-20-25/h13-15,19-20,26,28H,2-12,16-18,21-24H2,1H3. The summed E-state index contributed by atoms with van der Waals surface area (Å²) in [7, 11) is 0. The van der Waals surface area contributed by atoms with Crippen LogP contribution in [0.3, 0.4) is 0 Å². The highest BCUT2D eigenvalue weighted by Crippen LogP contribution is 2.15. The Balaban J connectivity index is 1.81. The smallest absolute Gasteiger partial charge is 0.306 e. The maximum atomic E-state index is 11.8. The molecule has 0 radical (unpaired) electrons. The summed E-state index contributed by atoms with van der Waals surface area (Å²) in [5.41, 5.74) is 1.04. The molecule has 172 valence electrons. The molecule has 1 unspecified atom stereocenters. The zero-order valence-corrected chi connectivity index (χ0v) is 19.5. The van der Waals surface area contributed by atoms with Crippen molar-refractivity contribution in [3.8, 4) is 0 Å². The van der Waals surface area contributed by atoms with Crippen LogP contribution >= 0.6 is 0 Å². The predicted molar refractivity (Wildman–Crippen MR) is 126 cm³/mol. The number of aliphatic hydroxyl groups excluding tert-OH is 1. The van der Waals surface area contributed by atoms with E-state index in [-0.39, 0.29) is 12.1 Å². The van der Waals surface area contributed by atoms with E-state index in [0.29, 0.717) is 13.0 Å². The van der Waals surface area contributed by atoms with Crippen molar-refractivity contribution in [3.63, 3.8) is 0 Å². The van der Waals surface area contributed by atoms with Gasteiger partial charge in [0.15, 0.2) is 0 Å². The van der Waals surface area contributed by atoms with E-state index in [1.165, 1.54) is 70.6 Å². The molecule has 0 heterocycles. The fraction of sp³-hybridized carbons (Fsp3) is 0.741. The molecule has 3 heteroatoms. The quantitative estimate of drug-likeness (QED) is 0.174. The van der Waals surface area contributed by atoms with Crippen LogP contribution in [0.15, 0.2) is 30.3 Å². The molecule has 0 aromatic heterocycles. The van der Waals surface area contributed by atoms with Gasteiger partial charge in [0.1, 0.15) is 6.61 Å². The molecule has 1 aromatic carbocycles. The van der Waals surface area contributed by atoms with Crippen molar-refractivity contribution >= 4 is 5.97 Å². The first-order valence-corrected chi connectivity index (χ1v) is 12.6. The van der Waals surface area contributed by atoms with Crippen molar-refractivity contribution in [1.29, 1.82) is 0 Å². The number of hydrogen-bond acceptors (Lipinski definition) is 3. The molecule has 1 N–H and O–H groups in total. The molecule has 30 heavy (non-hydrogen) atoms. The third-order valence-electron chi connectivity index (χ3n) is 5.80. The first-order valence-electron chi connectivity index (χ1n) is 12.6.